The van der Waals surface area contributed by atoms with Crippen molar-refractivity contribution < 1.29 is 9.90 Å². The van der Waals surface area contributed by atoms with Gasteiger partial charge in [-0.3, -0.25) is 4.79 Å². The molecule has 0 atom stereocenters. The third kappa shape index (κ3) is 2.51. The van der Waals surface area contributed by atoms with Gasteiger partial charge >= 0.3 is 0 Å². The fraction of sp³-hybridized carbons (Fsp3) is 0.917. The second kappa shape index (κ2) is 4.52. The van der Waals surface area contributed by atoms with E-state index in [1.165, 1.54) is 19.3 Å². The van der Waals surface area contributed by atoms with Gasteiger partial charge in [0.25, 0.3) is 0 Å². The van der Waals surface area contributed by atoms with Crippen LogP contribution in [0.5, 0.6) is 0 Å². The molecule has 2 aliphatic rings. The summed E-state index contributed by atoms with van der Waals surface area (Å²) in [4.78, 5) is 11.7. The molecule has 2 fully saturated rings. The number of aliphatic hydroxyl groups is 1. The van der Waals surface area contributed by atoms with Gasteiger partial charge in [0.15, 0.2) is 0 Å². The van der Waals surface area contributed by atoms with Crippen molar-refractivity contribution in [2.45, 2.75) is 56.9 Å². The molecule has 2 aliphatic carbocycles. The van der Waals surface area contributed by atoms with Gasteiger partial charge in [-0.2, -0.15) is 0 Å². The Kier molecular flexibility index (Phi) is 3.29. The largest absolute Gasteiger partial charge is 0.394 e. The first-order valence-electron chi connectivity index (χ1n) is 6.16. The number of rotatable bonds is 4. The first-order valence-corrected chi connectivity index (χ1v) is 6.16. The Morgan fingerprint density at radius 2 is 1.93 bits per heavy atom. The number of hydrogen-bond acceptors (Lipinski definition) is 2. The summed E-state index contributed by atoms with van der Waals surface area (Å²) in [6.07, 6.45) is 8.51. The number of aliphatic hydroxyl groups excluding tert-OH is 1. The summed E-state index contributed by atoms with van der Waals surface area (Å²) in [5, 5.41) is 12.4. The topological polar surface area (TPSA) is 49.3 Å². The predicted octanol–water partition coefficient (Wildman–Crippen LogP) is 1.60. The molecule has 0 aromatic rings. The highest BCUT2D eigenvalue weighted by molar-refractivity contribution is 5.77. The highest BCUT2D eigenvalue weighted by Gasteiger charge is 2.35. The Labute approximate surface area is 91.2 Å². The Hall–Kier alpha value is -0.570. The molecule has 0 aromatic carbocycles. The molecule has 3 heteroatoms. The lowest BCUT2D eigenvalue weighted by Gasteiger charge is -2.30. The van der Waals surface area contributed by atoms with Crippen molar-refractivity contribution in [3.63, 3.8) is 0 Å². The van der Waals surface area contributed by atoms with E-state index in [-0.39, 0.29) is 18.1 Å². The molecule has 2 rings (SSSR count). The Morgan fingerprint density at radius 1 is 1.27 bits per heavy atom. The van der Waals surface area contributed by atoms with Crippen LogP contribution in [0.3, 0.4) is 0 Å². The van der Waals surface area contributed by atoms with E-state index in [9.17, 15) is 9.90 Å². The highest BCUT2D eigenvalue weighted by Crippen LogP contribution is 2.32. The van der Waals surface area contributed by atoms with Crippen LogP contribution in [0.1, 0.15) is 51.4 Å². The molecule has 86 valence electrons. The van der Waals surface area contributed by atoms with Gasteiger partial charge in [0.05, 0.1) is 12.1 Å². The van der Waals surface area contributed by atoms with Crippen molar-refractivity contribution in [2.75, 3.05) is 6.61 Å². The summed E-state index contributed by atoms with van der Waals surface area (Å²) >= 11 is 0. The van der Waals surface area contributed by atoms with Crippen molar-refractivity contribution in [3.8, 4) is 0 Å². The van der Waals surface area contributed by atoms with Crippen LogP contribution in [0.25, 0.3) is 0 Å². The SMILES string of the molecule is O=C(CC1CCC1)NC1(CO)CCCC1. The summed E-state index contributed by atoms with van der Waals surface area (Å²) < 4.78 is 0. The van der Waals surface area contributed by atoms with Gasteiger partial charge in [0.1, 0.15) is 0 Å². The van der Waals surface area contributed by atoms with Gasteiger partial charge in [0, 0.05) is 6.42 Å². The first kappa shape index (κ1) is 10.9. The van der Waals surface area contributed by atoms with E-state index in [1.807, 2.05) is 0 Å². The van der Waals surface area contributed by atoms with E-state index < -0.39 is 0 Å². The maximum Gasteiger partial charge on any atom is 0.220 e. The standard InChI is InChI=1S/C12H21NO2/c14-9-12(6-1-2-7-12)13-11(15)8-10-4-3-5-10/h10,14H,1-9H2,(H,13,15). The van der Waals surface area contributed by atoms with Crippen molar-refractivity contribution >= 4 is 5.91 Å². The summed E-state index contributed by atoms with van der Waals surface area (Å²) in [6, 6.07) is 0. The molecule has 3 nitrogen and oxygen atoms in total. The maximum atomic E-state index is 11.7. The van der Waals surface area contributed by atoms with E-state index in [1.54, 1.807) is 0 Å². The Bertz CT molecular complexity index is 230. The molecule has 0 bridgehead atoms. The average molecular weight is 211 g/mol. The van der Waals surface area contributed by atoms with Gasteiger partial charge in [0.2, 0.25) is 5.91 Å². The molecule has 0 spiro atoms. The highest BCUT2D eigenvalue weighted by atomic mass is 16.3. The minimum absolute atomic E-state index is 0.101. The van der Waals surface area contributed by atoms with Gasteiger partial charge in [-0.15, -0.1) is 0 Å². The van der Waals surface area contributed by atoms with Crippen molar-refractivity contribution in [1.29, 1.82) is 0 Å². The minimum atomic E-state index is -0.277. The van der Waals surface area contributed by atoms with Crippen LogP contribution in [-0.2, 0) is 4.79 Å². The van der Waals surface area contributed by atoms with Crippen LogP contribution in [0, 0.1) is 5.92 Å². The van der Waals surface area contributed by atoms with Crippen LogP contribution in [-0.4, -0.2) is 23.2 Å². The maximum absolute atomic E-state index is 11.7. The summed E-state index contributed by atoms with van der Waals surface area (Å²) in [7, 11) is 0. The molecule has 1 amide bonds. The molecule has 0 aliphatic heterocycles. The van der Waals surface area contributed by atoms with Crippen molar-refractivity contribution in [2.24, 2.45) is 5.92 Å². The minimum Gasteiger partial charge on any atom is -0.394 e. The van der Waals surface area contributed by atoms with Crippen LogP contribution in [0.4, 0.5) is 0 Å². The lowest BCUT2D eigenvalue weighted by Crippen LogP contribution is -2.49. The van der Waals surface area contributed by atoms with Gasteiger partial charge in [-0.25, -0.2) is 0 Å². The number of carbonyl (C=O) groups is 1. The number of nitrogens with one attached hydrogen (secondary N) is 1. The van der Waals surface area contributed by atoms with Crippen molar-refractivity contribution in [1.82, 2.24) is 5.32 Å². The molecule has 0 radical (unpaired) electrons. The molecule has 0 aromatic heterocycles. The zero-order chi connectivity index (χ0) is 10.7. The quantitative estimate of drug-likeness (QED) is 0.742. The van der Waals surface area contributed by atoms with E-state index in [0.29, 0.717) is 12.3 Å². The molecule has 0 heterocycles. The smallest absolute Gasteiger partial charge is 0.220 e. The van der Waals surface area contributed by atoms with Crippen LogP contribution >= 0.6 is 0 Å². The van der Waals surface area contributed by atoms with Gasteiger partial charge in [-0.05, 0) is 31.6 Å². The monoisotopic (exact) mass is 211 g/mol. The van der Waals surface area contributed by atoms with E-state index >= 15 is 0 Å². The van der Waals surface area contributed by atoms with Crippen LogP contribution in [0.2, 0.25) is 0 Å². The van der Waals surface area contributed by atoms with E-state index in [2.05, 4.69) is 5.32 Å². The summed E-state index contributed by atoms with van der Waals surface area (Å²) in [6.45, 7) is 0.101. The molecule has 15 heavy (non-hydrogen) atoms. The Morgan fingerprint density at radius 3 is 2.40 bits per heavy atom. The van der Waals surface area contributed by atoms with Crippen LogP contribution < -0.4 is 5.32 Å². The zero-order valence-electron chi connectivity index (χ0n) is 9.30. The number of carbonyl (C=O) groups excluding carboxylic acids is 1. The molecular weight excluding hydrogens is 190 g/mol. The molecule has 0 saturated heterocycles. The molecular formula is C12H21NO2. The average Bonchev–Trinajstić information content (AvgIpc) is 2.61. The predicted molar refractivity (Wildman–Crippen MR) is 58.4 cm³/mol. The first-order chi connectivity index (χ1) is 7.24. The summed E-state index contributed by atoms with van der Waals surface area (Å²) in [5.41, 5.74) is -0.277. The third-order valence-corrected chi connectivity index (χ3v) is 3.97. The van der Waals surface area contributed by atoms with Crippen LogP contribution in [0.15, 0.2) is 0 Å². The summed E-state index contributed by atoms with van der Waals surface area (Å²) in [5.74, 6) is 0.762. The van der Waals surface area contributed by atoms with Crippen molar-refractivity contribution in [3.05, 3.63) is 0 Å². The molecule has 0 unspecified atom stereocenters. The molecule has 2 saturated carbocycles. The zero-order valence-corrected chi connectivity index (χ0v) is 9.30. The number of amides is 1. The van der Waals surface area contributed by atoms with E-state index in [4.69, 9.17) is 0 Å². The van der Waals surface area contributed by atoms with Gasteiger partial charge in [-0.1, -0.05) is 19.3 Å². The normalized spacial score (nSPS) is 24.9. The third-order valence-electron chi connectivity index (χ3n) is 3.97. The second-order valence-corrected chi connectivity index (χ2v) is 5.19. The fourth-order valence-electron chi connectivity index (χ4n) is 2.68. The lowest BCUT2D eigenvalue weighted by molar-refractivity contribution is -0.125. The fourth-order valence-corrected chi connectivity index (χ4v) is 2.68. The number of hydrogen-bond donors (Lipinski definition) is 2. The molecule has 2 N–H and O–H groups in total. The lowest BCUT2D eigenvalue weighted by atomic mass is 9.82. The van der Waals surface area contributed by atoms with E-state index in [0.717, 1.165) is 25.7 Å². The Balaban J connectivity index is 1.80. The second-order valence-electron chi connectivity index (χ2n) is 5.19. The van der Waals surface area contributed by atoms with Gasteiger partial charge < -0.3 is 10.4 Å².